The number of anilines is 2. The summed E-state index contributed by atoms with van der Waals surface area (Å²) in [5, 5.41) is 9.51. The number of hydrogen-bond donors (Lipinski definition) is 1. The van der Waals surface area contributed by atoms with Gasteiger partial charge in [-0.05, 0) is 49.3 Å². The van der Waals surface area contributed by atoms with E-state index in [1.165, 1.54) is 5.56 Å². The molecular formula is C21H28N4O2. The van der Waals surface area contributed by atoms with E-state index >= 15 is 0 Å². The Labute approximate surface area is 160 Å². The predicted octanol–water partition coefficient (Wildman–Crippen LogP) is 3.04. The second-order valence-electron chi connectivity index (χ2n) is 7.50. The van der Waals surface area contributed by atoms with Crippen molar-refractivity contribution in [3.05, 3.63) is 42.2 Å². The maximum atomic E-state index is 9.51. The van der Waals surface area contributed by atoms with Crippen molar-refractivity contribution in [2.45, 2.75) is 31.7 Å². The molecule has 0 saturated carbocycles. The molecule has 0 radical (unpaired) electrons. The van der Waals surface area contributed by atoms with Crippen molar-refractivity contribution < 1.29 is 9.84 Å². The van der Waals surface area contributed by atoms with Crippen molar-refractivity contribution in [2.24, 2.45) is 5.92 Å². The third-order valence-electron chi connectivity index (χ3n) is 5.77. The number of methoxy groups -OCH3 is 1. The molecule has 0 bridgehead atoms. The van der Waals surface area contributed by atoms with Gasteiger partial charge in [0, 0.05) is 32.3 Å². The van der Waals surface area contributed by atoms with E-state index in [2.05, 4.69) is 44.0 Å². The van der Waals surface area contributed by atoms with Gasteiger partial charge in [-0.25, -0.2) is 9.97 Å². The van der Waals surface area contributed by atoms with Gasteiger partial charge in [0.05, 0.1) is 13.2 Å². The lowest BCUT2D eigenvalue weighted by molar-refractivity contribution is 0.208. The Bertz CT molecular complexity index is 769. The van der Waals surface area contributed by atoms with Crippen LogP contribution in [0.2, 0.25) is 0 Å². The summed E-state index contributed by atoms with van der Waals surface area (Å²) in [6.07, 6.45) is 6.13. The molecule has 0 amide bonds. The number of ether oxygens (including phenoxy) is 1. The molecule has 2 aromatic rings. The molecular weight excluding hydrogens is 340 g/mol. The van der Waals surface area contributed by atoms with Crippen LogP contribution >= 0.6 is 0 Å². The van der Waals surface area contributed by atoms with Crippen molar-refractivity contribution >= 4 is 11.6 Å². The van der Waals surface area contributed by atoms with Crippen LogP contribution in [0.25, 0.3) is 0 Å². The van der Waals surface area contributed by atoms with Crippen LogP contribution in [0.1, 0.15) is 37.3 Å². The van der Waals surface area contributed by atoms with Crippen molar-refractivity contribution in [3.8, 4) is 5.75 Å². The van der Waals surface area contributed by atoms with Gasteiger partial charge < -0.3 is 19.6 Å². The van der Waals surface area contributed by atoms with Crippen LogP contribution in [0.15, 0.2) is 36.7 Å². The van der Waals surface area contributed by atoms with Gasteiger partial charge in [-0.1, -0.05) is 12.1 Å². The van der Waals surface area contributed by atoms with Crippen molar-refractivity contribution in [1.82, 2.24) is 9.97 Å². The highest BCUT2D eigenvalue weighted by atomic mass is 16.5. The summed E-state index contributed by atoms with van der Waals surface area (Å²) >= 11 is 0. The summed E-state index contributed by atoms with van der Waals surface area (Å²) in [5.41, 5.74) is 1.27. The minimum atomic E-state index is 0.248. The predicted molar refractivity (Wildman–Crippen MR) is 106 cm³/mol. The molecule has 4 rings (SSSR count). The minimum absolute atomic E-state index is 0.248. The van der Waals surface area contributed by atoms with E-state index in [-0.39, 0.29) is 6.61 Å². The lowest BCUT2D eigenvalue weighted by Crippen LogP contribution is -2.37. The highest BCUT2D eigenvalue weighted by Gasteiger charge is 2.28. The van der Waals surface area contributed by atoms with E-state index in [9.17, 15) is 5.11 Å². The number of rotatable bonds is 5. The summed E-state index contributed by atoms with van der Waals surface area (Å²) in [6, 6.07) is 10.8. The summed E-state index contributed by atoms with van der Waals surface area (Å²) in [4.78, 5) is 13.8. The van der Waals surface area contributed by atoms with Crippen LogP contribution < -0.4 is 14.5 Å². The van der Waals surface area contributed by atoms with Crippen molar-refractivity contribution in [3.63, 3.8) is 0 Å². The summed E-state index contributed by atoms with van der Waals surface area (Å²) < 4.78 is 5.40. The van der Waals surface area contributed by atoms with E-state index in [1.807, 2.05) is 6.07 Å². The Balaban J connectivity index is 1.57. The van der Waals surface area contributed by atoms with Gasteiger partial charge in [0.1, 0.15) is 23.7 Å². The highest BCUT2D eigenvalue weighted by molar-refractivity contribution is 5.53. The monoisotopic (exact) mass is 368 g/mol. The number of piperidine rings is 1. The zero-order valence-electron chi connectivity index (χ0n) is 15.9. The van der Waals surface area contributed by atoms with Gasteiger partial charge in [-0.3, -0.25) is 0 Å². The van der Waals surface area contributed by atoms with E-state index < -0.39 is 0 Å². The molecule has 0 aliphatic carbocycles. The SMILES string of the molecule is COc1cccc(C2CCCN2c2cc(N3CCCC(CO)C3)ncn2)c1. The minimum Gasteiger partial charge on any atom is -0.497 e. The smallest absolute Gasteiger partial charge is 0.134 e. The summed E-state index contributed by atoms with van der Waals surface area (Å²) in [7, 11) is 1.71. The molecule has 144 valence electrons. The van der Waals surface area contributed by atoms with Crippen LogP contribution in [-0.4, -0.2) is 48.4 Å². The molecule has 2 unspecified atom stereocenters. The van der Waals surface area contributed by atoms with Gasteiger partial charge in [-0.2, -0.15) is 0 Å². The molecule has 2 atom stereocenters. The Morgan fingerprint density at radius 1 is 1.11 bits per heavy atom. The van der Waals surface area contributed by atoms with Crippen molar-refractivity contribution in [1.29, 1.82) is 0 Å². The average molecular weight is 368 g/mol. The number of aromatic nitrogens is 2. The van der Waals surface area contributed by atoms with Gasteiger partial charge in [-0.15, -0.1) is 0 Å². The number of hydrogen-bond acceptors (Lipinski definition) is 6. The van der Waals surface area contributed by atoms with E-state index in [0.717, 1.165) is 62.7 Å². The summed E-state index contributed by atoms with van der Waals surface area (Å²) in [6.45, 7) is 3.11. The first kappa shape index (κ1) is 18.0. The molecule has 2 saturated heterocycles. The van der Waals surface area contributed by atoms with Gasteiger partial charge >= 0.3 is 0 Å². The Hall–Kier alpha value is -2.34. The number of benzene rings is 1. The molecule has 2 aliphatic rings. The Kier molecular flexibility index (Phi) is 5.43. The Morgan fingerprint density at radius 3 is 2.81 bits per heavy atom. The molecule has 3 heterocycles. The largest absolute Gasteiger partial charge is 0.497 e. The van der Waals surface area contributed by atoms with Crippen LogP contribution in [0, 0.1) is 5.92 Å². The Morgan fingerprint density at radius 2 is 1.96 bits per heavy atom. The zero-order chi connectivity index (χ0) is 18.6. The van der Waals surface area contributed by atoms with Gasteiger partial charge in [0.15, 0.2) is 0 Å². The normalized spacial score (nSPS) is 22.9. The van der Waals surface area contributed by atoms with Crippen molar-refractivity contribution in [2.75, 3.05) is 43.2 Å². The second-order valence-corrected chi connectivity index (χ2v) is 7.50. The first-order valence-corrected chi connectivity index (χ1v) is 9.87. The van der Waals surface area contributed by atoms with Gasteiger partial charge in [0.2, 0.25) is 0 Å². The van der Waals surface area contributed by atoms with Gasteiger partial charge in [0.25, 0.3) is 0 Å². The first-order valence-electron chi connectivity index (χ1n) is 9.87. The number of nitrogens with zero attached hydrogens (tertiary/aromatic N) is 4. The quantitative estimate of drug-likeness (QED) is 0.875. The van der Waals surface area contributed by atoms with Crippen LogP contribution in [0.4, 0.5) is 11.6 Å². The fourth-order valence-corrected chi connectivity index (χ4v) is 4.33. The van der Waals surface area contributed by atoms with Crippen LogP contribution in [-0.2, 0) is 0 Å². The second kappa shape index (κ2) is 8.13. The molecule has 1 N–H and O–H groups in total. The number of aliphatic hydroxyl groups excluding tert-OH is 1. The van der Waals surface area contributed by atoms with Crippen LogP contribution in [0.5, 0.6) is 5.75 Å². The van der Waals surface area contributed by atoms with E-state index in [0.29, 0.717) is 12.0 Å². The summed E-state index contributed by atoms with van der Waals surface area (Å²) in [5.74, 6) is 3.19. The molecule has 6 nitrogen and oxygen atoms in total. The molecule has 6 heteroatoms. The highest BCUT2D eigenvalue weighted by Crippen LogP contribution is 2.37. The third kappa shape index (κ3) is 3.86. The standard InChI is InChI=1S/C21H28N4O2/c1-27-18-7-2-6-17(11-18)19-8-4-10-25(19)21-12-20(22-15-23-21)24-9-3-5-16(13-24)14-26/h2,6-7,11-12,15-16,19,26H,3-5,8-10,13-14H2,1H3. The molecule has 2 aliphatic heterocycles. The lowest BCUT2D eigenvalue weighted by Gasteiger charge is -2.33. The first-order chi connectivity index (χ1) is 13.3. The molecule has 2 fully saturated rings. The zero-order valence-corrected chi connectivity index (χ0v) is 15.9. The van der Waals surface area contributed by atoms with E-state index in [1.54, 1.807) is 13.4 Å². The maximum Gasteiger partial charge on any atom is 0.134 e. The maximum absolute atomic E-state index is 9.51. The molecule has 27 heavy (non-hydrogen) atoms. The average Bonchev–Trinajstić information content (AvgIpc) is 3.24. The topological polar surface area (TPSA) is 61.7 Å². The third-order valence-corrected chi connectivity index (χ3v) is 5.77. The lowest BCUT2D eigenvalue weighted by atomic mass is 9.99. The molecule has 1 aromatic carbocycles. The molecule has 0 spiro atoms. The fraction of sp³-hybridized carbons (Fsp3) is 0.524. The fourth-order valence-electron chi connectivity index (χ4n) is 4.33. The van der Waals surface area contributed by atoms with Crippen LogP contribution in [0.3, 0.4) is 0 Å². The van der Waals surface area contributed by atoms with E-state index in [4.69, 9.17) is 4.74 Å². The molecule has 1 aromatic heterocycles. The number of aliphatic hydroxyl groups is 1.